The number of benzene rings is 1. The lowest BCUT2D eigenvalue weighted by Gasteiger charge is -2.10. The Bertz CT molecular complexity index is 1120. The topological polar surface area (TPSA) is 98.5 Å². The van der Waals surface area contributed by atoms with Gasteiger partial charge in [-0.05, 0) is 30.0 Å². The number of pyridine rings is 1. The van der Waals surface area contributed by atoms with Gasteiger partial charge in [0.15, 0.2) is 15.3 Å². The number of hydrogen-bond donors (Lipinski definition) is 1. The van der Waals surface area contributed by atoms with E-state index in [0.717, 1.165) is 21.3 Å². The summed E-state index contributed by atoms with van der Waals surface area (Å²) in [4.78, 5) is 16.6. The van der Waals surface area contributed by atoms with Gasteiger partial charge in [-0.15, -0.1) is 20.4 Å². The van der Waals surface area contributed by atoms with Gasteiger partial charge in [-0.1, -0.05) is 60.0 Å². The van der Waals surface area contributed by atoms with E-state index in [2.05, 4.69) is 30.7 Å². The fraction of sp³-hybridized carbons (Fsp3) is 0.158. The first-order valence-electron chi connectivity index (χ1n) is 9.04. The maximum atomic E-state index is 12.4. The van der Waals surface area contributed by atoms with Crippen LogP contribution in [-0.4, -0.2) is 47.4 Å². The Morgan fingerprint density at radius 1 is 1.07 bits per heavy atom. The van der Waals surface area contributed by atoms with E-state index in [0.29, 0.717) is 16.1 Å². The summed E-state index contributed by atoms with van der Waals surface area (Å²) < 4.78 is 2.76. The second-order valence-corrected chi connectivity index (χ2v) is 9.29. The number of nitrogens with zero attached hydrogens (tertiary/aromatic N) is 6. The van der Waals surface area contributed by atoms with Crippen molar-refractivity contribution in [2.24, 2.45) is 0 Å². The van der Waals surface area contributed by atoms with Crippen LogP contribution in [0, 0.1) is 0 Å². The van der Waals surface area contributed by atoms with E-state index in [1.165, 1.54) is 23.1 Å². The Morgan fingerprint density at radius 3 is 2.70 bits per heavy atom. The van der Waals surface area contributed by atoms with Gasteiger partial charge in [0.25, 0.3) is 0 Å². The number of amides is 1. The molecule has 0 fully saturated rings. The van der Waals surface area contributed by atoms with Gasteiger partial charge < -0.3 is 0 Å². The highest BCUT2D eigenvalue weighted by molar-refractivity contribution is 8.01. The number of para-hydroxylation sites is 1. The largest absolute Gasteiger partial charge is 0.300 e. The first kappa shape index (κ1) is 20.5. The first-order chi connectivity index (χ1) is 14.7. The molecule has 0 radical (unpaired) electrons. The number of nitrogens with one attached hydrogen (secondary N) is 1. The van der Waals surface area contributed by atoms with Crippen LogP contribution < -0.4 is 5.32 Å². The van der Waals surface area contributed by atoms with E-state index in [1.807, 2.05) is 54.0 Å². The van der Waals surface area contributed by atoms with Crippen LogP contribution >= 0.6 is 34.9 Å². The monoisotopic (exact) mass is 455 g/mol. The van der Waals surface area contributed by atoms with Crippen molar-refractivity contribution in [3.63, 3.8) is 0 Å². The van der Waals surface area contributed by atoms with Crippen molar-refractivity contribution in [2.75, 3.05) is 16.8 Å². The lowest BCUT2D eigenvalue weighted by molar-refractivity contribution is -0.113. The molecule has 3 heterocycles. The van der Waals surface area contributed by atoms with Crippen LogP contribution in [-0.2, 0) is 4.79 Å². The van der Waals surface area contributed by atoms with Crippen molar-refractivity contribution in [3.05, 3.63) is 54.9 Å². The number of aromatic nitrogens is 6. The smallest absolute Gasteiger partial charge is 0.236 e. The number of hydrogen-bond acceptors (Lipinski definition) is 9. The van der Waals surface area contributed by atoms with Crippen LogP contribution in [0.15, 0.2) is 64.4 Å². The Hall–Kier alpha value is -2.76. The molecule has 3 aromatic heterocycles. The van der Waals surface area contributed by atoms with E-state index in [-0.39, 0.29) is 11.7 Å². The molecule has 4 rings (SSSR count). The van der Waals surface area contributed by atoms with Crippen molar-refractivity contribution < 1.29 is 4.79 Å². The third-order valence-corrected chi connectivity index (χ3v) is 6.60. The van der Waals surface area contributed by atoms with Crippen LogP contribution in [0.3, 0.4) is 0 Å². The molecule has 11 heteroatoms. The Morgan fingerprint density at radius 2 is 1.93 bits per heavy atom. The molecule has 0 saturated heterocycles. The molecule has 0 aliphatic carbocycles. The number of carbonyl (C=O) groups excluding carboxylic acids is 1. The minimum atomic E-state index is -0.172. The number of anilines is 1. The summed E-state index contributed by atoms with van der Waals surface area (Å²) in [7, 11) is 0. The summed E-state index contributed by atoms with van der Waals surface area (Å²) in [6.07, 6.45) is 3.45. The maximum absolute atomic E-state index is 12.4. The average Bonchev–Trinajstić information content (AvgIpc) is 3.40. The lowest BCUT2D eigenvalue weighted by atomic mass is 10.2. The molecule has 152 valence electrons. The fourth-order valence-corrected chi connectivity index (χ4v) is 5.00. The van der Waals surface area contributed by atoms with Gasteiger partial charge >= 0.3 is 0 Å². The molecular weight excluding hydrogens is 438 g/mol. The standard InChI is InChI=1S/C19H17N7OS3/c1-2-28-19-25-23-17(30-19)21-15(27)12-29-18-24-22-16(13-7-6-10-20-11-13)26(18)14-8-4-3-5-9-14/h3-11H,2,12H2,1H3,(H,21,23,27). The minimum Gasteiger partial charge on any atom is -0.300 e. The molecule has 8 nitrogen and oxygen atoms in total. The van der Waals surface area contributed by atoms with Crippen molar-refractivity contribution in [1.82, 2.24) is 29.9 Å². The fourth-order valence-electron chi connectivity index (χ4n) is 2.58. The van der Waals surface area contributed by atoms with Crippen LogP contribution in [0.4, 0.5) is 5.13 Å². The van der Waals surface area contributed by atoms with Crippen LogP contribution in [0.25, 0.3) is 17.1 Å². The maximum Gasteiger partial charge on any atom is 0.236 e. The second kappa shape index (κ2) is 9.83. The molecule has 1 aromatic carbocycles. The lowest BCUT2D eigenvalue weighted by Crippen LogP contribution is -2.14. The van der Waals surface area contributed by atoms with E-state index in [9.17, 15) is 4.79 Å². The zero-order valence-electron chi connectivity index (χ0n) is 15.9. The van der Waals surface area contributed by atoms with Crippen molar-refractivity contribution in [3.8, 4) is 17.1 Å². The van der Waals surface area contributed by atoms with Crippen LogP contribution in [0.2, 0.25) is 0 Å². The molecule has 0 bridgehead atoms. The Balaban J connectivity index is 1.52. The van der Waals surface area contributed by atoms with E-state index >= 15 is 0 Å². The first-order valence-corrected chi connectivity index (χ1v) is 11.8. The summed E-state index contributed by atoms with van der Waals surface area (Å²) in [5.41, 5.74) is 1.76. The van der Waals surface area contributed by atoms with Crippen molar-refractivity contribution >= 4 is 45.9 Å². The molecular formula is C19H17N7OS3. The zero-order chi connectivity index (χ0) is 20.8. The Labute approximate surface area is 185 Å². The summed E-state index contributed by atoms with van der Waals surface area (Å²) in [5, 5.41) is 20.6. The highest BCUT2D eigenvalue weighted by Gasteiger charge is 2.18. The van der Waals surface area contributed by atoms with E-state index < -0.39 is 0 Å². The minimum absolute atomic E-state index is 0.172. The van der Waals surface area contributed by atoms with Crippen LogP contribution in [0.1, 0.15) is 6.92 Å². The molecule has 0 atom stereocenters. The zero-order valence-corrected chi connectivity index (χ0v) is 18.4. The summed E-state index contributed by atoms with van der Waals surface area (Å²) >= 11 is 4.27. The highest BCUT2D eigenvalue weighted by atomic mass is 32.2. The van der Waals surface area contributed by atoms with Gasteiger partial charge in [0.1, 0.15) is 0 Å². The molecule has 4 aromatic rings. The van der Waals surface area contributed by atoms with Crippen molar-refractivity contribution in [1.29, 1.82) is 0 Å². The predicted octanol–water partition coefficient (Wildman–Crippen LogP) is 4.02. The van der Waals surface area contributed by atoms with E-state index in [4.69, 9.17) is 0 Å². The summed E-state index contributed by atoms with van der Waals surface area (Å²) in [5.74, 6) is 1.58. The van der Waals surface area contributed by atoms with Gasteiger partial charge in [-0.25, -0.2) is 0 Å². The molecule has 0 spiro atoms. The van der Waals surface area contributed by atoms with Gasteiger partial charge in [0, 0.05) is 23.6 Å². The number of rotatable bonds is 8. The molecule has 0 unspecified atom stereocenters. The second-order valence-electron chi connectivity index (χ2n) is 5.86. The van der Waals surface area contributed by atoms with Crippen molar-refractivity contribution in [2.45, 2.75) is 16.4 Å². The summed E-state index contributed by atoms with van der Waals surface area (Å²) in [6.45, 7) is 2.05. The third-order valence-electron chi connectivity index (χ3n) is 3.82. The van der Waals surface area contributed by atoms with Gasteiger partial charge in [-0.2, -0.15) is 0 Å². The molecule has 1 N–H and O–H groups in total. The molecule has 1 amide bonds. The third kappa shape index (κ3) is 4.86. The van der Waals surface area contributed by atoms with Gasteiger partial charge in [-0.3, -0.25) is 19.7 Å². The SMILES string of the molecule is CCSc1nnc(NC(=O)CSc2nnc(-c3cccnc3)n2-c2ccccc2)s1. The molecule has 0 aliphatic rings. The quantitative estimate of drug-likeness (QED) is 0.314. The molecule has 0 saturated carbocycles. The molecule has 0 aliphatic heterocycles. The van der Waals surface area contributed by atoms with E-state index in [1.54, 1.807) is 24.2 Å². The highest BCUT2D eigenvalue weighted by Crippen LogP contribution is 2.28. The predicted molar refractivity (Wildman–Crippen MR) is 120 cm³/mol. The summed E-state index contributed by atoms with van der Waals surface area (Å²) in [6, 6.07) is 13.6. The number of thioether (sulfide) groups is 2. The average molecular weight is 456 g/mol. The van der Waals surface area contributed by atoms with Gasteiger partial charge in [0.2, 0.25) is 11.0 Å². The molecule has 30 heavy (non-hydrogen) atoms. The van der Waals surface area contributed by atoms with Crippen LogP contribution in [0.5, 0.6) is 0 Å². The van der Waals surface area contributed by atoms with Gasteiger partial charge in [0.05, 0.1) is 5.75 Å². The Kier molecular flexibility index (Phi) is 6.72. The number of carbonyl (C=O) groups is 1. The normalized spacial score (nSPS) is 10.8.